The Hall–Kier alpha value is -1.02. The average molecular weight is 164 g/mol. The minimum absolute atomic E-state index is 0.656. The Morgan fingerprint density at radius 1 is 1.36 bits per heavy atom. The van der Waals surface area contributed by atoms with E-state index in [0.717, 1.165) is 15.6 Å². The molecule has 1 aromatic rings. The van der Waals surface area contributed by atoms with Gasteiger partial charge in [-0.25, -0.2) is 0 Å². The molecule has 58 valence electrons. The highest BCUT2D eigenvalue weighted by Gasteiger charge is 1.89. The van der Waals surface area contributed by atoms with E-state index in [1.807, 2.05) is 30.3 Å². The molecule has 0 saturated heterocycles. The van der Waals surface area contributed by atoms with Crippen LogP contribution in [-0.2, 0) is 11.3 Å². The van der Waals surface area contributed by atoms with Gasteiger partial charge in [-0.05, 0) is 5.56 Å². The van der Waals surface area contributed by atoms with E-state index in [0.29, 0.717) is 6.61 Å². The maximum Gasteiger partial charge on any atom is 0.112 e. The minimum atomic E-state index is 0.656. The van der Waals surface area contributed by atoms with Crippen LogP contribution in [0.1, 0.15) is 5.56 Å². The maximum atomic E-state index is 5.30. The predicted molar refractivity (Wildman–Crippen MR) is 50.3 cm³/mol. The summed E-state index contributed by atoms with van der Waals surface area (Å²) in [6, 6.07) is 10.1. The van der Waals surface area contributed by atoms with E-state index >= 15 is 0 Å². The highest BCUT2D eigenvalue weighted by atomic mass is 28.1. The van der Waals surface area contributed by atoms with Crippen LogP contribution in [0.5, 0.6) is 0 Å². The molecule has 0 N–H and O–H groups in total. The summed E-state index contributed by atoms with van der Waals surface area (Å²) in [7, 11) is 0.913. The van der Waals surface area contributed by atoms with E-state index < -0.39 is 0 Å². The highest BCUT2D eigenvalue weighted by molar-refractivity contribution is 6.19. The van der Waals surface area contributed by atoms with Crippen molar-refractivity contribution in [1.82, 2.24) is 0 Å². The Morgan fingerprint density at radius 3 is 2.55 bits per heavy atom. The van der Waals surface area contributed by atoms with E-state index in [2.05, 4.69) is 6.58 Å². The number of benzene rings is 1. The van der Waals surface area contributed by atoms with Crippen LogP contribution in [0.3, 0.4) is 0 Å². The second-order valence-electron chi connectivity index (χ2n) is 2.48. The fourth-order valence-electron chi connectivity index (χ4n) is 0.781. The third-order valence-electron chi connectivity index (χ3n) is 1.33. The van der Waals surface area contributed by atoms with Crippen molar-refractivity contribution in [1.29, 1.82) is 0 Å². The van der Waals surface area contributed by atoms with Gasteiger partial charge in [0, 0.05) is 0 Å². The molecule has 1 aromatic carbocycles. The number of rotatable bonds is 3. The molecule has 1 nitrogen and oxygen atoms in total. The quantitative estimate of drug-likeness (QED) is 0.479. The Kier molecular flexibility index (Phi) is 2.92. The summed E-state index contributed by atoms with van der Waals surface area (Å²) in [5.74, 6) is 0. The van der Waals surface area contributed by atoms with Crippen molar-refractivity contribution in [3.8, 4) is 0 Å². The largest absolute Gasteiger partial charge is 0.500 e. The topological polar surface area (TPSA) is 9.23 Å². The molecule has 0 aliphatic rings. The number of hydrogen-bond donors (Lipinski definition) is 0. The molecule has 0 amide bonds. The first-order chi connectivity index (χ1) is 5.29. The minimum Gasteiger partial charge on any atom is -0.500 e. The van der Waals surface area contributed by atoms with Gasteiger partial charge in [0.15, 0.2) is 0 Å². The van der Waals surface area contributed by atoms with Gasteiger partial charge in [-0.3, -0.25) is 0 Å². The Labute approximate surface area is 70.1 Å². The summed E-state index contributed by atoms with van der Waals surface area (Å²) in [6.07, 6.45) is 0. The molecular formula is C9H12OSi. The number of ether oxygens (including phenoxy) is 1. The monoisotopic (exact) mass is 164 g/mol. The first-order valence-corrected chi connectivity index (χ1v) is 4.61. The maximum absolute atomic E-state index is 5.30. The fraction of sp³-hybridized carbons (Fsp3) is 0.111. The van der Waals surface area contributed by atoms with Crippen molar-refractivity contribution in [2.75, 3.05) is 0 Å². The summed E-state index contributed by atoms with van der Waals surface area (Å²) in [4.78, 5) is 0. The SMILES string of the molecule is C=C([SiH3])OCc1ccccc1. The molecule has 0 aliphatic carbocycles. The van der Waals surface area contributed by atoms with Crippen molar-refractivity contribution in [3.63, 3.8) is 0 Å². The molecule has 0 atom stereocenters. The lowest BCUT2D eigenvalue weighted by molar-refractivity contribution is 0.224. The molecule has 0 aromatic heterocycles. The van der Waals surface area contributed by atoms with Gasteiger partial charge in [-0.15, -0.1) is 0 Å². The third-order valence-corrected chi connectivity index (χ3v) is 1.62. The zero-order valence-electron chi connectivity index (χ0n) is 6.71. The van der Waals surface area contributed by atoms with E-state index in [1.165, 1.54) is 5.56 Å². The van der Waals surface area contributed by atoms with Crippen LogP contribution in [0.2, 0.25) is 0 Å². The van der Waals surface area contributed by atoms with Crippen molar-refractivity contribution < 1.29 is 4.74 Å². The van der Waals surface area contributed by atoms with Crippen LogP contribution in [0.25, 0.3) is 0 Å². The van der Waals surface area contributed by atoms with Gasteiger partial charge in [0.05, 0.1) is 15.6 Å². The molecule has 0 radical (unpaired) electrons. The Balaban J connectivity index is 2.45. The van der Waals surface area contributed by atoms with Gasteiger partial charge >= 0.3 is 0 Å². The molecule has 0 bridgehead atoms. The van der Waals surface area contributed by atoms with Crippen LogP contribution in [0.4, 0.5) is 0 Å². The molecule has 1 rings (SSSR count). The van der Waals surface area contributed by atoms with Crippen LogP contribution < -0.4 is 0 Å². The Morgan fingerprint density at radius 2 is 2.00 bits per heavy atom. The molecule has 0 heterocycles. The molecule has 0 aliphatic heterocycles. The summed E-state index contributed by atoms with van der Waals surface area (Å²) in [6.45, 7) is 4.37. The van der Waals surface area contributed by atoms with Crippen LogP contribution in [0, 0.1) is 0 Å². The summed E-state index contributed by atoms with van der Waals surface area (Å²) in [5.41, 5.74) is 1.20. The van der Waals surface area contributed by atoms with E-state index in [4.69, 9.17) is 4.74 Å². The lowest BCUT2D eigenvalue weighted by Gasteiger charge is -2.03. The Bertz CT molecular complexity index is 231. The van der Waals surface area contributed by atoms with Crippen molar-refractivity contribution in [3.05, 3.63) is 47.9 Å². The highest BCUT2D eigenvalue weighted by Crippen LogP contribution is 2.01. The van der Waals surface area contributed by atoms with Crippen molar-refractivity contribution in [2.24, 2.45) is 0 Å². The van der Waals surface area contributed by atoms with Gasteiger partial charge in [-0.1, -0.05) is 36.9 Å². The van der Waals surface area contributed by atoms with E-state index in [1.54, 1.807) is 0 Å². The first-order valence-electron chi connectivity index (χ1n) is 3.61. The lowest BCUT2D eigenvalue weighted by atomic mass is 10.2. The molecule has 0 unspecified atom stereocenters. The van der Waals surface area contributed by atoms with Gasteiger partial charge in [0.1, 0.15) is 6.61 Å². The summed E-state index contributed by atoms with van der Waals surface area (Å²) >= 11 is 0. The van der Waals surface area contributed by atoms with Crippen LogP contribution in [0.15, 0.2) is 42.3 Å². The molecular weight excluding hydrogens is 152 g/mol. The van der Waals surface area contributed by atoms with Crippen molar-refractivity contribution >= 4 is 10.2 Å². The molecule has 0 fully saturated rings. The third kappa shape index (κ3) is 3.05. The fourth-order valence-corrected chi connectivity index (χ4v) is 0.925. The zero-order chi connectivity index (χ0) is 8.10. The van der Waals surface area contributed by atoms with E-state index in [9.17, 15) is 0 Å². The molecule has 2 heteroatoms. The smallest absolute Gasteiger partial charge is 0.112 e. The first kappa shape index (κ1) is 8.08. The van der Waals surface area contributed by atoms with Crippen LogP contribution in [-0.4, -0.2) is 10.2 Å². The summed E-state index contributed by atoms with van der Waals surface area (Å²) < 4.78 is 5.30. The summed E-state index contributed by atoms with van der Waals surface area (Å²) in [5, 5.41) is 0.897. The molecule has 11 heavy (non-hydrogen) atoms. The van der Waals surface area contributed by atoms with Gasteiger partial charge in [0.25, 0.3) is 0 Å². The number of hydrogen-bond acceptors (Lipinski definition) is 1. The average Bonchev–Trinajstić information content (AvgIpc) is 2.03. The molecule has 0 saturated carbocycles. The van der Waals surface area contributed by atoms with Gasteiger partial charge in [0.2, 0.25) is 0 Å². The van der Waals surface area contributed by atoms with Gasteiger partial charge < -0.3 is 4.74 Å². The second kappa shape index (κ2) is 3.98. The predicted octanol–water partition coefficient (Wildman–Crippen LogP) is 1.04. The molecule has 0 spiro atoms. The lowest BCUT2D eigenvalue weighted by Crippen LogP contribution is -1.90. The van der Waals surface area contributed by atoms with Gasteiger partial charge in [-0.2, -0.15) is 0 Å². The zero-order valence-corrected chi connectivity index (χ0v) is 8.71. The van der Waals surface area contributed by atoms with E-state index in [-0.39, 0.29) is 0 Å². The van der Waals surface area contributed by atoms with Crippen molar-refractivity contribution in [2.45, 2.75) is 6.61 Å². The van der Waals surface area contributed by atoms with Crippen LogP contribution >= 0.6 is 0 Å². The standard InChI is InChI=1S/C9H12OSi/c1-8(11)10-7-9-5-3-2-4-6-9/h2-6H,1,7H2,11H3. The second-order valence-corrected chi connectivity index (χ2v) is 3.59. The normalized spacial score (nSPS) is 9.45.